The summed E-state index contributed by atoms with van der Waals surface area (Å²) in [6.07, 6.45) is 2.33. The standard InChI is InChI=1S/C16H17ClN2O3/c1-2-22-16(21)12-7-14(9-18-8-12)19-10-15(20)11-3-5-13(17)6-4-11/h3-9,15,19-20H,2,10H2,1H3. The molecule has 0 aliphatic heterocycles. The molecular formula is C16H17ClN2O3. The molecule has 1 atom stereocenters. The highest BCUT2D eigenvalue weighted by atomic mass is 35.5. The molecule has 0 radical (unpaired) electrons. The summed E-state index contributed by atoms with van der Waals surface area (Å²) in [6.45, 7) is 2.34. The first kappa shape index (κ1) is 16.3. The van der Waals surface area contributed by atoms with Crippen LogP contribution < -0.4 is 5.32 Å². The summed E-state index contributed by atoms with van der Waals surface area (Å²) in [5, 5.41) is 13.8. The molecule has 0 aliphatic rings. The number of nitrogens with one attached hydrogen (secondary N) is 1. The third-order valence-electron chi connectivity index (χ3n) is 3.00. The largest absolute Gasteiger partial charge is 0.462 e. The summed E-state index contributed by atoms with van der Waals surface area (Å²) in [4.78, 5) is 15.6. The number of carbonyl (C=O) groups is 1. The highest BCUT2D eigenvalue weighted by Crippen LogP contribution is 2.17. The number of aliphatic hydroxyl groups excluding tert-OH is 1. The maximum absolute atomic E-state index is 11.6. The summed E-state index contributed by atoms with van der Waals surface area (Å²) in [7, 11) is 0. The zero-order valence-electron chi connectivity index (χ0n) is 12.1. The number of benzene rings is 1. The Hall–Kier alpha value is -2.11. The molecule has 6 heteroatoms. The van der Waals surface area contributed by atoms with Gasteiger partial charge in [0, 0.05) is 24.0 Å². The minimum absolute atomic E-state index is 0.287. The number of aliphatic hydroxyl groups is 1. The Balaban J connectivity index is 1.97. The lowest BCUT2D eigenvalue weighted by Crippen LogP contribution is -2.13. The van der Waals surface area contributed by atoms with Crippen LogP contribution in [0, 0.1) is 0 Å². The first-order valence-electron chi connectivity index (χ1n) is 6.89. The van der Waals surface area contributed by atoms with Crippen LogP contribution in [0.4, 0.5) is 5.69 Å². The molecule has 0 saturated carbocycles. The van der Waals surface area contributed by atoms with Gasteiger partial charge in [-0.1, -0.05) is 23.7 Å². The van der Waals surface area contributed by atoms with Gasteiger partial charge in [0.1, 0.15) is 0 Å². The number of nitrogens with zero attached hydrogens (tertiary/aromatic N) is 1. The average Bonchev–Trinajstić information content (AvgIpc) is 2.54. The molecular weight excluding hydrogens is 304 g/mol. The zero-order chi connectivity index (χ0) is 15.9. The molecule has 0 spiro atoms. The van der Waals surface area contributed by atoms with E-state index in [1.807, 2.05) is 0 Å². The number of halogens is 1. The van der Waals surface area contributed by atoms with Crippen molar-refractivity contribution in [3.63, 3.8) is 0 Å². The molecule has 1 unspecified atom stereocenters. The molecule has 5 nitrogen and oxygen atoms in total. The van der Waals surface area contributed by atoms with Gasteiger partial charge in [0.05, 0.1) is 24.0 Å². The number of carbonyl (C=O) groups excluding carboxylic acids is 1. The normalized spacial score (nSPS) is 11.8. The van der Waals surface area contributed by atoms with Crippen molar-refractivity contribution in [3.8, 4) is 0 Å². The Labute approximate surface area is 133 Å². The van der Waals surface area contributed by atoms with Crippen LogP contribution in [-0.4, -0.2) is 29.2 Å². The van der Waals surface area contributed by atoms with Crippen LogP contribution in [0.15, 0.2) is 42.7 Å². The average molecular weight is 321 g/mol. The molecule has 1 aromatic heterocycles. The second kappa shape index (κ2) is 7.77. The molecule has 22 heavy (non-hydrogen) atoms. The minimum Gasteiger partial charge on any atom is -0.462 e. The third-order valence-corrected chi connectivity index (χ3v) is 3.26. The number of rotatable bonds is 6. The van der Waals surface area contributed by atoms with Crippen molar-refractivity contribution in [1.82, 2.24) is 4.98 Å². The van der Waals surface area contributed by atoms with E-state index in [1.165, 1.54) is 6.20 Å². The zero-order valence-corrected chi connectivity index (χ0v) is 12.9. The maximum atomic E-state index is 11.6. The molecule has 2 rings (SSSR count). The van der Waals surface area contributed by atoms with Crippen molar-refractivity contribution in [2.45, 2.75) is 13.0 Å². The molecule has 0 aliphatic carbocycles. The van der Waals surface area contributed by atoms with E-state index in [1.54, 1.807) is 43.5 Å². The Morgan fingerprint density at radius 1 is 1.36 bits per heavy atom. The molecule has 0 amide bonds. The molecule has 0 bridgehead atoms. The molecule has 1 aromatic carbocycles. The van der Waals surface area contributed by atoms with Crippen molar-refractivity contribution < 1.29 is 14.6 Å². The van der Waals surface area contributed by atoms with Crippen molar-refractivity contribution in [2.75, 3.05) is 18.5 Å². The van der Waals surface area contributed by atoms with Crippen LogP contribution in [0.2, 0.25) is 5.02 Å². The lowest BCUT2D eigenvalue weighted by Gasteiger charge is -2.13. The van der Waals surface area contributed by atoms with Gasteiger partial charge in [-0.3, -0.25) is 4.98 Å². The second-order valence-electron chi connectivity index (χ2n) is 4.63. The topological polar surface area (TPSA) is 71.5 Å². The van der Waals surface area contributed by atoms with E-state index in [2.05, 4.69) is 10.3 Å². The number of hydrogen-bond donors (Lipinski definition) is 2. The van der Waals surface area contributed by atoms with E-state index in [9.17, 15) is 9.90 Å². The van der Waals surface area contributed by atoms with E-state index in [0.717, 1.165) is 5.56 Å². The molecule has 116 valence electrons. The predicted molar refractivity (Wildman–Crippen MR) is 85.1 cm³/mol. The van der Waals surface area contributed by atoms with Crippen LogP contribution in [0.1, 0.15) is 28.9 Å². The SMILES string of the molecule is CCOC(=O)c1cncc(NCC(O)c2ccc(Cl)cc2)c1. The van der Waals surface area contributed by atoms with Gasteiger partial charge in [0.15, 0.2) is 0 Å². The number of anilines is 1. The summed E-state index contributed by atoms with van der Waals surface area (Å²) in [5.74, 6) is -0.420. The number of esters is 1. The monoisotopic (exact) mass is 320 g/mol. The van der Waals surface area contributed by atoms with Crippen LogP contribution >= 0.6 is 11.6 Å². The number of pyridine rings is 1. The highest BCUT2D eigenvalue weighted by molar-refractivity contribution is 6.30. The van der Waals surface area contributed by atoms with E-state index < -0.39 is 12.1 Å². The summed E-state index contributed by atoms with van der Waals surface area (Å²) in [6, 6.07) is 8.62. The Bertz CT molecular complexity index is 632. The number of hydrogen-bond acceptors (Lipinski definition) is 5. The van der Waals surface area contributed by atoms with Crippen molar-refractivity contribution in [3.05, 3.63) is 58.9 Å². The van der Waals surface area contributed by atoms with Gasteiger partial charge >= 0.3 is 5.97 Å². The van der Waals surface area contributed by atoms with E-state index >= 15 is 0 Å². The number of ether oxygens (including phenoxy) is 1. The smallest absolute Gasteiger partial charge is 0.339 e. The van der Waals surface area contributed by atoms with Crippen molar-refractivity contribution >= 4 is 23.3 Å². The summed E-state index contributed by atoms with van der Waals surface area (Å²) >= 11 is 5.81. The Kier molecular flexibility index (Phi) is 5.75. The molecule has 0 fully saturated rings. The molecule has 2 N–H and O–H groups in total. The Morgan fingerprint density at radius 3 is 2.77 bits per heavy atom. The van der Waals surface area contributed by atoms with Crippen molar-refractivity contribution in [2.24, 2.45) is 0 Å². The van der Waals surface area contributed by atoms with Crippen LogP contribution in [-0.2, 0) is 4.74 Å². The van der Waals surface area contributed by atoms with Gasteiger partial charge in [-0.05, 0) is 30.7 Å². The second-order valence-corrected chi connectivity index (χ2v) is 5.07. The first-order valence-corrected chi connectivity index (χ1v) is 7.27. The molecule has 0 saturated heterocycles. The fourth-order valence-electron chi connectivity index (χ4n) is 1.88. The predicted octanol–water partition coefficient (Wildman–Crippen LogP) is 3.06. The molecule has 2 aromatic rings. The number of aromatic nitrogens is 1. The van der Waals surface area contributed by atoms with Crippen molar-refractivity contribution in [1.29, 1.82) is 0 Å². The van der Waals surface area contributed by atoms with Crippen LogP contribution in [0.3, 0.4) is 0 Å². The van der Waals surface area contributed by atoms with Crippen LogP contribution in [0.5, 0.6) is 0 Å². The van der Waals surface area contributed by atoms with Gasteiger partial charge < -0.3 is 15.2 Å². The van der Waals surface area contributed by atoms with Crippen LogP contribution in [0.25, 0.3) is 0 Å². The fraction of sp³-hybridized carbons (Fsp3) is 0.250. The van der Waals surface area contributed by atoms with E-state index in [4.69, 9.17) is 16.3 Å². The van der Waals surface area contributed by atoms with Gasteiger partial charge in [0.25, 0.3) is 0 Å². The maximum Gasteiger partial charge on any atom is 0.339 e. The lowest BCUT2D eigenvalue weighted by molar-refractivity contribution is 0.0526. The highest BCUT2D eigenvalue weighted by Gasteiger charge is 2.10. The van der Waals surface area contributed by atoms with Gasteiger partial charge in [0.2, 0.25) is 0 Å². The molecule has 1 heterocycles. The first-order chi connectivity index (χ1) is 10.6. The quantitative estimate of drug-likeness (QED) is 0.800. The van der Waals surface area contributed by atoms with E-state index in [0.29, 0.717) is 22.9 Å². The van der Waals surface area contributed by atoms with Gasteiger partial charge in [-0.25, -0.2) is 4.79 Å². The van der Waals surface area contributed by atoms with Gasteiger partial charge in [-0.15, -0.1) is 0 Å². The van der Waals surface area contributed by atoms with Gasteiger partial charge in [-0.2, -0.15) is 0 Å². The van der Waals surface area contributed by atoms with E-state index in [-0.39, 0.29) is 6.54 Å². The summed E-state index contributed by atoms with van der Waals surface area (Å²) in [5.41, 5.74) is 1.76. The minimum atomic E-state index is -0.691. The fourth-order valence-corrected chi connectivity index (χ4v) is 2.01. The lowest BCUT2D eigenvalue weighted by atomic mass is 10.1. The Morgan fingerprint density at radius 2 is 2.09 bits per heavy atom. The third kappa shape index (κ3) is 4.44. The summed E-state index contributed by atoms with van der Waals surface area (Å²) < 4.78 is 4.92.